The van der Waals surface area contributed by atoms with Gasteiger partial charge in [0, 0.05) is 52.7 Å². The third kappa shape index (κ3) is 3.65. The van der Waals surface area contributed by atoms with Gasteiger partial charge in [0.2, 0.25) is 10.0 Å². The van der Waals surface area contributed by atoms with Gasteiger partial charge in [0.25, 0.3) is 0 Å². The number of nitrogens with zero attached hydrogens (tertiary/aromatic N) is 2. The van der Waals surface area contributed by atoms with E-state index in [0.29, 0.717) is 43.8 Å². The van der Waals surface area contributed by atoms with E-state index in [2.05, 4.69) is 21.2 Å². The Balaban J connectivity index is 1.47. The summed E-state index contributed by atoms with van der Waals surface area (Å²) in [4.78, 5) is 7.07. The molecule has 0 spiro atoms. The first-order valence-corrected chi connectivity index (χ1v) is 13.6. The number of H-pyrrole nitrogens is 2. The van der Waals surface area contributed by atoms with Crippen LogP contribution >= 0.6 is 0 Å². The number of aryl methyl sites for hydroxylation is 2. The number of aromatic amines is 2. The number of nitrogens with one attached hydrogen (secondary N) is 2. The van der Waals surface area contributed by atoms with E-state index in [-0.39, 0.29) is 16.6 Å². The quantitative estimate of drug-likeness (QED) is 0.335. The van der Waals surface area contributed by atoms with Crippen LogP contribution in [0.5, 0.6) is 0 Å². The number of benzene rings is 2. The minimum absolute atomic E-state index is 0.0373. The Morgan fingerprint density at radius 3 is 2.72 bits per heavy atom. The highest BCUT2D eigenvalue weighted by molar-refractivity contribution is 7.89. The average Bonchev–Trinajstić information content (AvgIpc) is 3.54. The fraction of sp³-hybridized carbons (Fsp3) is 0.296. The molecule has 5 aromatic rings. The van der Waals surface area contributed by atoms with E-state index in [4.69, 9.17) is 4.52 Å². The molecule has 0 aliphatic carbocycles. The fourth-order valence-corrected chi connectivity index (χ4v) is 7.45. The second-order valence-electron chi connectivity index (χ2n) is 9.50. The van der Waals surface area contributed by atoms with Crippen molar-refractivity contribution in [3.8, 4) is 0 Å². The van der Waals surface area contributed by atoms with Crippen molar-refractivity contribution in [3.05, 3.63) is 82.8 Å². The zero-order chi connectivity index (χ0) is 25.0. The molecular weight excluding hydrogens is 479 g/mol. The maximum atomic E-state index is 14.2. The Labute approximate surface area is 208 Å². The number of halogens is 1. The van der Waals surface area contributed by atoms with Crippen molar-refractivity contribution in [1.82, 2.24) is 19.4 Å². The maximum Gasteiger partial charge on any atom is 0.248 e. The van der Waals surface area contributed by atoms with Gasteiger partial charge in [0.1, 0.15) is 16.4 Å². The van der Waals surface area contributed by atoms with Crippen LogP contribution < -0.4 is 0 Å². The van der Waals surface area contributed by atoms with E-state index < -0.39 is 10.0 Å². The third-order valence-corrected chi connectivity index (χ3v) is 9.47. The molecule has 1 aliphatic rings. The number of hydrogen-bond donors (Lipinski definition) is 2. The summed E-state index contributed by atoms with van der Waals surface area (Å²) in [5, 5.41) is 5.80. The van der Waals surface area contributed by atoms with Crippen LogP contribution in [0.2, 0.25) is 0 Å². The summed E-state index contributed by atoms with van der Waals surface area (Å²) in [5.74, 6) is -0.0106. The lowest BCUT2D eigenvalue weighted by atomic mass is 9.88. The van der Waals surface area contributed by atoms with Gasteiger partial charge in [-0.15, -0.1) is 0 Å². The lowest BCUT2D eigenvalue weighted by Crippen LogP contribution is -2.34. The molecule has 0 radical (unpaired) electrons. The SMILES string of the molecule is Cc1noc(C)c1S(=O)(=O)N1CCCC(c2c[nH]c3ccc(F)cc23)c2[nH]c3ccccc3c2CC1. The Morgan fingerprint density at radius 2 is 1.92 bits per heavy atom. The molecule has 36 heavy (non-hydrogen) atoms. The molecule has 0 saturated carbocycles. The number of para-hydroxylation sites is 1. The van der Waals surface area contributed by atoms with Gasteiger partial charge in [0.05, 0.1) is 0 Å². The maximum absolute atomic E-state index is 14.2. The summed E-state index contributed by atoms with van der Waals surface area (Å²) in [6, 6.07) is 12.9. The summed E-state index contributed by atoms with van der Waals surface area (Å²) in [6.45, 7) is 4.01. The summed E-state index contributed by atoms with van der Waals surface area (Å²) in [5.41, 5.74) is 5.45. The highest BCUT2D eigenvalue weighted by atomic mass is 32.2. The van der Waals surface area contributed by atoms with Crippen LogP contribution in [0.1, 0.15) is 47.0 Å². The first kappa shape index (κ1) is 23.0. The van der Waals surface area contributed by atoms with E-state index in [9.17, 15) is 12.8 Å². The number of aromatic nitrogens is 3. The standard InChI is InChI=1S/C27H27FN4O3S/c1-16-27(17(2)35-31-16)36(33,34)32-12-5-7-20(23-15-29-24-10-9-18(28)14-22(23)24)26-21(11-13-32)19-6-3-4-8-25(19)30-26/h3-4,6,8-10,14-15,20,29-30H,5,7,11-13H2,1-2H3. The summed E-state index contributed by atoms with van der Waals surface area (Å²) >= 11 is 0. The Kier molecular flexibility index (Phi) is 5.49. The van der Waals surface area contributed by atoms with E-state index >= 15 is 0 Å². The van der Waals surface area contributed by atoms with Crippen LogP contribution in [0.3, 0.4) is 0 Å². The van der Waals surface area contributed by atoms with Crippen LogP contribution in [0, 0.1) is 19.7 Å². The highest BCUT2D eigenvalue weighted by Crippen LogP contribution is 2.39. The predicted molar refractivity (Wildman–Crippen MR) is 136 cm³/mol. The molecule has 0 bridgehead atoms. The van der Waals surface area contributed by atoms with Gasteiger partial charge in [-0.3, -0.25) is 0 Å². The Morgan fingerprint density at radius 1 is 1.08 bits per heavy atom. The molecule has 1 aliphatic heterocycles. The summed E-state index contributed by atoms with van der Waals surface area (Å²) < 4.78 is 48.3. The second-order valence-corrected chi connectivity index (χ2v) is 11.4. The van der Waals surface area contributed by atoms with Crippen LogP contribution in [0.25, 0.3) is 21.8 Å². The molecule has 2 N–H and O–H groups in total. The molecule has 1 atom stereocenters. The largest absolute Gasteiger partial charge is 0.361 e. The lowest BCUT2D eigenvalue weighted by Gasteiger charge is -2.21. The third-order valence-electron chi connectivity index (χ3n) is 7.32. The molecule has 9 heteroatoms. The number of sulfonamides is 1. The molecule has 6 rings (SSSR count). The van der Waals surface area contributed by atoms with Crippen LogP contribution in [0.15, 0.2) is 58.1 Å². The van der Waals surface area contributed by atoms with Gasteiger partial charge in [-0.25, -0.2) is 12.8 Å². The summed E-state index contributed by atoms with van der Waals surface area (Å²) in [6.07, 6.45) is 3.86. The molecule has 7 nitrogen and oxygen atoms in total. The average molecular weight is 507 g/mol. The number of fused-ring (bicyclic) bond motifs is 4. The topological polar surface area (TPSA) is 95.0 Å². The van der Waals surface area contributed by atoms with Crippen LogP contribution in [-0.2, 0) is 16.4 Å². The van der Waals surface area contributed by atoms with Gasteiger partial charge in [-0.05, 0) is 68.5 Å². The zero-order valence-corrected chi connectivity index (χ0v) is 21.0. The van der Waals surface area contributed by atoms with Gasteiger partial charge in [-0.1, -0.05) is 23.4 Å². The Hall–Kier alpha value is -3.43. The second kappa shape index (κ2) is 8.60. The van der Waals surface area contributed by atoms with Gasteiger partial charge >= 0.3 is 0 Å². The Bertz CT molecular complexity index is 1680. The van der Waals surface area contributed by atoms with Crippen molar-refractivity contribution in [2.45, 2.75) is 43.9 Å². The molecule has 4 heterocycles. The number of hydrogen-bond acceptors (Lipinski definition) is 4. The molecule has 186 valence electrons. The first-order valence-electron chi connectivity index (χ1n) is 12.1. The highest BCUT2D eigenvalue weighted by Gasteiger charge is 2.33. The molecule has 3 aromatic heterocycles. The monoisotopic (exact) mass is 506 g/mol. The zero-order valence-electron chi connectivity index (χ0n) is 20.1. The minimum atomic E-state index is -3.78. The van der Waals surface area contributed by atoms with Crippen LogP contribution in [0.4, 0.5) is 4.39 Å². The molecule has 0 amide bonds. The van der Waals surface area contributed by atoms with Crippen LogP contribution in [-0.4, -0.2) is 40.9 Å². The van der Waals surface area contributed by atoms with Crippen molar-refractivity contribution in [2.75, 3.05) is 13.1 Å². The van der Waals surface area contributed by atoms with Crippen molar-refractivity contribution in [3.63, 3.8) is 0 Å². The molecule has 2 aromatic carbocycles. The number of rotatable bonds is 3. The fourth-order valence-electron chi connectivity index (χ4n) is 5.68. The summed E-state index contributed by atoms with van der Waals surface area (Å²) in [7, 11) is -3.78. The van der Waals surface area contributed by atoms with Gasteiger partial charge < -0.3 is 14.5 Å². The minimum Gasteiger partial charge on any atom is -0.361 e. The van der Waals surface area contributed by atoms with Crippen molar-refractivity contribution >= 4 is 31.8 Å². The smallest absolute Gasteiger partial charge is 0.248 e. The molecule has 0 saturated heterocycles. The van der Waals surface area contributed by atoms with E-state index in [1.54, 1.807) is 30.3 Å². The molecule has 1 unspecified atom stereocenters. The van der Waals surface area contributed by atoms with Crippen molar-refractivity contribution < 1.29 is 17.3 Å². The lowest BCUT2D eigenvalue weighted by molar-refractivity contribution is 0.386. The van der Waals surface area contributed by atoms with E-state index in [0.717, 1.165) is 38.6 Å². The molecular formula is C27H27FN4O3S. The van der Waals surface area contributed by atoms with Gasteiger partial charge in [0.15, 0.2) is 5.76 Å². The predicted octanol–water partition coefficient (Wildman–Crippen LogP) is 5.55. The first-order chi connectivity index (χ1) is 17.3. The van der Waals surface area contributed by atoms with E-state index in [1.807, 2.05) is 24.4 Å². The van der Waals surface area contributed by atoms with Gasteiger partial charge in [-0.2, -0.15) is 4.31 Å². The van der Waals surface area contributed by atoms with Crippen molar-refractivity contribution in [2.24, 2.45) is 0 Å². The van der Waals surface area contributed by atoms with E-state index in [1.165, 1.54) is 6.07 Å². The molecule has 0 fully saturated rings. The normalized spacial score (nSPS) is 17.7. The van der Waals surface area contributed by atoms with Crippen molar-refractivity contribution in [1.29, 1.82) is 0 Å².